The molecule has 4 N–H and O–H groups in total. The molecule has 19 heavy (non-hydrogen) atoms. The number of benzene rings is 1. The van der Waals surface area contributed by atoms with Crippen molar-refractivity contribution in [3.05, 3.63) is 29.8 Å². The molecule has 2 amide bonds. The Morgan fingerprint density at radius 1 is 1.32 bits per heavy atom. The number of nitrogens with one attached hydrogen (secondary N) is 2. The topological polar surface area (TPSA) is 84.2 Å². The summed E-state index contributed by atoms with van der Waals surface area (Å²) in [6, 6.07) is 7.19. The summed E-state index contributed by atoms with van der Waals surface area (Å²) in [4.78, 5) is 22.8. The molecular weight excluding hydrogens is 242 g/mol. The first-order chi connectivity index (χ1) is 9.06. The molecule has 102 valence electrons. The van der Waals surface area contributed by atoms with E-state index in [4.69, 9.17) is 5.73 Å². The number of hydrogen-bond donors (Lipinski definition) is 3. The van der Waals surface area contributed by atoms with E-state index in [1.807, 2.05) is 0 Å². The number of hydrogen-bond acceptors (Lipinski definition) is 3. The lowest BCUT2D eigenvalue weighted by Gasteiger charge is -2.14. The Kier molecular flexibility index (Phi) is 4.16. The highest BCUT2D eigenvalue weighted by molar-refractivity contribution is 5.93. The molecule has 1 saturated heterocycles. The molecule has 2 unspecified atom stereocenters. The van der Waals surface area contributed by atoms with Crippen molar-refractivity contribution in [2.75, 3.05) is 18.4 Å². The van der Waals surface area contributed by atoms with Crippen molar-refractivity contribution in [3.8, 4) is 0 Å². The summed E-state index contributed by atoms with van der Waals surface area (Å²) >= 11 is 0. The van der Waals surface area contributed by atoms with Gasteiger partial charge >= 0.3 is 0 Å². The van der Waals surface area contributed by atoms with Crippen LogP contribution in [0.15, 0.2) is 24.3 Å². The molecule has 0 bridgehead atoms. The summed E-state index contributed by atoms with van der Waals surface area (Å²) in [5, 5.41) is 6.11. The summed E-state index contributed by atoms with van der Waals surface area (Å²) in [5.74, 6) is 0.0576. The van der Waals surface area contributed by atoms with Crippen LogP contribution < -0.4 is 16.4 Å². The van der Waals surface area contributed by atoms with Gasteiger partial charge in [-0.25, -0.2) is 0 Å². The average molecular weight is 261 g/mol. The summed E-state index contributed by atoms with van der Waals surface area (Å²) in [5.41, 5.74) is 6.72. The van der Waals surface area contributed by atoms with Gasteiger partial charge in [-0.3, -0.25) is 9.59 Å². The second-order valence-electron chi connectivity index (χ2n) is 5.07. The Bertz CT molecular complexity index is 470. The standard InChI is InChI=1S/C14H19N3O2/c1-9-7-16-8-12(9)14(19)17-11-4-2-10(3-5-11)6-13(15)18/h2-5,9,12,16H,6-8H2,1H3,(H2,15,18)(H,17,19). The molecule has 0 aliphatic carbocycles. The summed E-state index contributed by atoms with van der Waals surface area (Å²) in [7, 11) is 0. The highest BCUT2D eigenvalue weighted by Gasteiger charge is 2.29. The van der Waals surface area contributed by atoms with Gasteiger partial charge in [0.15, 0.2) is 0 Å². The predicted octanol–water partition coefficient (Wildman–Crippen LogP) is 0.508. The van der Waals surface area contributed by atoms with E-state index in [9.17, 15) is 9.59 Å². The molecule has 1 aromatic rings. The van der Waals surface area contributed by atoms with Crippen LogP contribution in [0, 0.1) is 11.8 Å². The first-order valence-electron chi connectivity index (χ1n) is 6.45. The van der Waals surface area contributed by atoms with Crippen LogP contribution in [0.4, 0.5) is 5.69 Å². The van der Waals surface area contributed by atoms with Crippen LogP contribution in [0.3, 0.4) is 0 Å². The number of anilines is 1. The zero-order valence-electron chi connectivity index (χ0n) is 11.0. The minimum Gasteiger partial charge on any atom is -0.369 e. The molecule has 1 aliphatic rings. The monoisotopic (exact) mass is 261 g/mol. The van der Waals surface area contributed by atoms with Gasteiger partial charge in [0.05, 0.1) is 12.3 Å². The third-order valence-electron chi connectivity index (χ3n) is 3.45. The molecule has 1 aliphatic heterocycles. The minimum absolute atomic E-state index is 0.0188. The van der Waals surface area contributed by atoms with Crippen molar-refractivity contribution in [1.29, 1.82) is 0 Å². The van der Waals surface area contributed by atoms with E-state index in [1.165, 1.54) is 0 Å². The Balaban J connectivity index is 1.95. The number of carbonyl (C=O) groups is 2. The van der Waals surface area contributed by atoms with E-state index >= 15 is 0 Å². The highest BCUT2D eigenvalue weighted by Crippen LogP contribution is 2.18. The molecule has 0 saturated carbocycles. The van der Waals surface area contributed by atoms with Crippen LogP contribution in [0.5, 0.6) is 0 Å². The summed E-state index contributed by atoms with van der Waals surface area (Å²) in [6.45, 7) is 3.68. The SMILES string of the molecule is CC1CNCC1C(=O)Nc1ccc(CC(N)=O)cc1. The van der Waals surface area contributed by atoms with Crippen LogP contribution in [0.1, 0.15) is 12.5 Å². The average Bonchev–Trinajstić information content (AvgIpc) is 2.77. The van der Waals surface area contributed by atoms with E-state index < -0.39 is 0 Å². The van der Waals surface area contributed by atoms with Crippen molar-refractivity contribution < 1.29 is 9.59 Å². The van der Waals surface area contributed by atoms with Gasteiger partial charge in [-0.15, -0.1) is 0 Å². The van der Waals surface area contributed by atoms with Gasteiger partial charge < -0.3 is 16.4 Å². The van der Waals surface area contributed by atoms with Crippen molar-refractivity contribution in [2.24, 2.45) is 17.6 Å². The molecule has 0 spiro atoms. The van der Waals surface area contributed by atoms with Gasteiger partial charge in [0.1, 0.15) is 0 Å². The van der Waals surface area contributed by atoms with Crippen LogP contribution in [0.25, 0.3) is 0 Å². The van der Waals surface area contributed by atoms with Gasteiger partial charge in [0.2, 0.25) is 11.8 Å². The Hall–Kier alpha value is -1.88. The third kappa shape index (κ3) is 3.54. The van der Waals surface area contributed by atoms with E-state index in [-0.39, 0.29) is 24.2 Å². The quantitative estimate of drug-likeness (QED) is 0.738. The molecule has 5 nitrogen and oxygen atoms in total. The zero-order valence-corrected chi connectivity index (χ0v) is 11.0. The maximum Gasteiger partial charge on any atom is 0.229 e. The normalized spacial score (nSPS) is 22.2. The zero-order chi connectivity index (χ0) is 13.8. The molecule has 0 radical (unpaired) electrons. The van der Waals surface area contributed by atoms with Crippen molar-refractivity contribution in [1.82, 2.24) is 5.32 Å². The number of amides is 2. The Labute approximate surface area is 112 Å². The molecule has 0 aromatic heterocycles. The molecule has 1 heterocycles. The fraction of sp³-hybridized carbons (Fsp3) is 0.429. The minimum atomic E-state index is -0.359. The lowest BCUT2D eigenvalue weighted by molar-refractivity contribution is -0.120. The molecule has 1 aromatic carbocycles. The van der Waals surface area contributed by atoms with Crippen molar-refractivity contribution in [3.63, 3.8) is 0 Å². The molecule has 1 fully saturated rings. The summed E-state index contributed by atoms with van der Waals surface area (Å²) in [6.07, 6.45) is 0.220. The molecule has 2 rings (SSSR count). The number of rotatable bonds is 4. The largest absolute Gasteiger partial charge is 0.369 e. The first kappa shape index (κ1) is 13.5. The van der Waals surface area contributed by atoms with E-state index in [2.05, 4.69) is 17.6 Å². The van der Waals surface area contributed by atoms with Gasteiger partial charge in [0.25, 0.3) is 0 Å². The van der Waals surface area contributed by atoms with E-state index in [0.717, 1.165) is 24.3 Å². The van der Waals surface area contributed by atoms with Gasteiger partial charge in [0, 0.05) is 12.2 Å². The second-order valence-corrected chi connectivity index (χ2v) is 5.07. The summed E-state index contributed by atoms with van der Waals surface area (Å²) < 4.78 is 0. The highest BCUT2D eigenvalue weighted by atomic mass is 16.2. The number of primary amides is 1. The van der Waals surface area contributed by atoms with Crippen LogP contribution in [0.2, 0.25) is 0 Å². The van der Waals surface area contributed by atoms with Crippen LogP contribution in [-0.2, 0) is 16.0 Å². The van der Waals surface area contributed by atoms with Gasteiger partial charge in [-0.1, -0.05) is 19.1 Å². The lowest BCUT2D eigenvalue weighted by atomic mass is 9.97. The van der Waals surface area contributed by atoms with E-state index in [0.29, 0.717) is 5.92 Å². The third-order valence-corrected chi connectivity index (χ3v) is 3.45. The number of nitrogens with two attached hydrogens (primary N) is 1. The smallest absolute Gasteiger partial charge is 0.229 e. The van der Waals surface area contributed by atoms with E-state index in [1.54, 1.807) is 24.3 Å². The first-order valence-corrected chi connectivity index (χ1v) is 6.45. The van der Waals surface area contributed by atoms with Crippen LogP contribution in [-0.4, -0.2) is 24.9 Å². The second kappa shape index (κ2) is 5.84. The molecule has 2 atom stereocenters. The maximum atomic E-state index is 12.1. The predicted molar refractivity (Wildman–Crippen MR) is 73.5 cm³/mol. The fourth-order valence-electron chi connectivity index (χ4n) is 2.30. The van der Waals surface area contributed by atoms with Gasteiger partial charge in [-0.05, 0) is 30.2 Å². The Morgan fingerprint density at radius 2 is 2.00 bits per heavy atom. The lowest BCUT2D eigenvalue weighted by Crippen LogP contribution is -2.27. The van der Waals surface area contributed by atoms with Crippen molar-refractivity contribution >= 4 is 17.5 Å². The Morgan fingerprint density at radius 3 is 2.53 bits per heavy atom. The van der Waals surface area contributed by atoms with Crippen molar-refractivity contribution in [2.45, 2.75) is 13.3 Å². The van der Waals surface area contributed by atoms with Gasteiger partial charge in [-0.2, -0.15) is 0 Å². The number of carbonyl (C=O) groups excluding carboxylic acids is 2. The van der Waals surface area contributed by atoms with Crippen LogP contribution >= 0.6 is 0 Å². The molecule has 5 heteroatoms. The fourth-order valence-corrected chi connectivity index (χ4v) is 2.30. The maximum absolute atomic E-state index is 12.1. The molecular formula is C14H19N3O2.